The molecule has 1 saturated carbocycles. The van der Waals surface area contributed by atoms with Crippen LogP contribution in [0, 0.1) is 13.8 Å². The number of ether oxygens (including phenoxy) is 1. The van der Waals surface area contributed by atoms with Crippen molar-refractivity contribution in [2.45, 2.75) is 109 Å². The SMILES string of the molecule is CCC(CC)(c1ccc(CCC2(O)CCCC2)c(C)c1)c1ccc(OCCCCCN)c(C)c1. The monoisotopic (exact) mass is 465 g/mol. The molecule has 0 amide bonds. The maximum Gasteiger partial charge on any atom is 0.122 e. The van der Waals surface area contributed by atoms with E-state index in [0.29, 0.717) is 0 Å². The number of unbranched alkanes of at least 4 members (excludes halogenated alkanes) is 2. The van der Waals surface area contributed by atoms with Crippen molar-refractivity contribution in [1.82, 2.24) is 0 Å². The number of benzene rings is 2. The summed E-state index contributed by atoms with van der Waals surface area (Å²) < 4.78 is 6.07. The lowest BCUT2D eigenvalue weighted by atomic mass is 9.69. The molecule has 0 bridgehead atoms. The molecule has 0 radical (unpaired) electrons. The Morgan fingerprint density at radius 2 is 1.56 bits per heavy atom. The third-order valence-corrected chi connectivity index (χ3v) is 8.33. The highest BCUT2D eigenvalue weighted by molar-refractivity contribution is 5.47. The number of hydrogen-bond donors (Lipinski definition) is 2. The summed E-state index contributed by atoms with van der Waals surface area (Å²) >= 11 is 0. The smallest absolute Gasteiger partial charge is 0.122 e. The van der Waals surface area contributed by atoms with Crippen LogP contribution >= 0.6 is 0 Å². The van der Waals surface area contributed by atoms with Crippen molar-refractivity contribution in [2.75, 3.05) is 13.2 Å². The standard InChI is InChI=1S/C31H47NO2/c1-5-31(6-2,28-14-15-29(25(4)23-28)34-21-11-7-10-20-32)27-13-12-26(24(3)22-27)16-19-30(33)17-8-9-18-30/h12-15,22-23,33H,5-11,16-21,32H2,1-4H3. The molecule has 0 spiro atoms. The van der Waals surface area contributed by atoms with Crippen molar-refractivity contribution >= 4 is 0 Å². The van der Waals surface area contributed by atoms with Crippen molar-refractivity contribution < 1.29 is 9.84 Å². The zero-order valence-electron chi connectivity index (χ0n) is 22.1. The summed E-state index contributed by atoms with van der Waals surface area (Å²) in [6, 6.07) is 13.8. The number of nitrogens with two attached hydrogens (primary N) is 1. The molecule has 3 nitrogen and oxygen atoms in total. The summed E-state index contributed by atoms with van der Waals surface area (Å²) in [5.41, 5.74) is 11.9. The van der Waals surface area contributed by atoms with Gasteiger partial charge in [-0.3, -0.25) is 0 Å². The van der Waals surface area contributed by atoms with Gasteiger partial charge in [-0.2, -0.15) is 0 Å². The molecule has 0 heterocycles. The Bertz CT molecular complexity index is 910. The lowest BCUT2D eigenvalue weighted by Crippen LogP contribution is -2.27. The van der Waals surface area contributed by atoms with Gasteiger partial charge in [0.2, 0.25) is 0 Å². The predicted molar refractivity (Wildman–Crippen MR) is 144 cm³/mol. The average Bonchev–Trinajstić information content (AvgIpc) is 3.27. The maximum atomic E-state index is 10.8. The first kappa shape index (κ1) is 26.8. The Labute approximate surface area is 208 Å². The van der Waals surface area contributed by atoms with Gasteiger partial charge >= 0.3 is 0 Å². The Kier molecular flexibility index (Phi) is 9.62. The van der Waals surface area contributed by atoms with E-state index in [2.05, 4.69) is 64.1 Å². The molecule has 3 rings (SSSR count). The molecular formula is C31H47NO2. The highest BCUT2D eigenvalue weighted by Crippen LogP contribution is 2.41. The fourth-order valence-corrected chi connectivity index (χ4v) is 5.87. The van der Waals surface area contributed by atoms with Crippen LogP contribution < -0.4 is 10.5 Å². The van der Waals surface area contributed by atoms with Crippen LogP contribution in [0.3, 0.4) is 0 Å². The van der Waals surface area contributed by atoms with Gasteiger partial charge in [-0.15, -0.1) is 0 Å². The highest BCUT2D eigenvalue weighted by atomic mass is 16.5. The van der Waals surface area contributed by atoms with Gasteiger partial charge in [0.1, 0.15) is 5.75 Å². The molecule has 0 unspecified atom stereocenters. The molecule has 0 saturated heterocycles. The lowest BCUT2D eigenvalue weighted by Gasteiger charge is -2.34. The van der Waals surface area contributed by atoms with Crippen molar-refractivity contribution in [1.29, 1.82) is 0 Å². The zero-order chi connectivity index (χ0) is 24.6. The first-order chi connectivity index (χ1) is 16.4. The predicted octanol–water partition coefficient (Wildman–Crippen LogP) is 7.16. The van der Waals surface area contributed by atoms with E-state index < -0.39 is 5.60 Å². The topological polar surface area (TPSA) is 55.5 Å². The van der Waals surface area contributed by atoms with Gasteiger partial charge < -0.3 is 15.6 Å². The van der Waals surface area contributed by atoms with Gasteiger partial charge in [0.15, 0.2) is 0 Å². The van der Waals surface area contributed by atoms with Crippen LogP contribution in [-0.4, -0.2) is 23.9 Å². The maximum absolute atomic E-state index is 10.8. The van der Waals surface area contributed by atoms with Crippen LogP contribution in [0.2, 0.25) is 0 Å². The van der Waals surface area contributed by atoms with Crippen LogP contribution in [0.15, 0.2) is 36.4 Å². The van der Waals surface area contributed by atoms with E-state index in [1.54, 1.807) is 0 Å². The van der Waals surface area contributed by atoms with Crippen molar-refractivity contribution in [3.8, 4) is 5.75 Å². The minimum absolute atomic E-state index is 0.00262. The van der Waals surface area contributed by atoms with E-state index in [-0.39, 0.29) is 5.41 Å². The van der Waals surface area contributed by atoms with E-state index in [9.17, 15) is 5.11 Å². The van der Waals surface area contributed by atoms with E-state index in [1.165, 1.54) is 40.7 Å². The van der Waals surface area contributed by atoms with Crippen LogP contribution in [0.1, 0.15) is 106 Å². The first-order valence-electron chi connectivity index (χ1n) is 13.6. The third kappa shape index (κ3) is 6.23. The summed E-state index contributed by atoms with van der Waals surface area (Å²) in [5, 5.41) is 10.8. The van der Waals surface area contributed by atoms with Gasteiger partial charge in [0, 0.05) is 5.41 Å². The van der Waals surface area contributed by atoms with E-state index in [0.717, 1.165) is 76.7 Å². The number of aliphatic hydroxyl groups is 1. The minimum Gasteiger partial charge on any atom is -0.493 e. The Hall–Kier alpha value is -1.84. The molecule has 3 N–H and O–H groups in total. The van der Waals surface area contributed by atoms with E-state index >= 15 is 0 Å². The largest absolute Gasteiger partial charge is 0.493 e. The van der Waals surface area contributed by atoms with Crippen molar-refractivity contribution in [3.63, 3.8) is 0 Å². The van der Waals surface area contributed by atoms with Crippen LogP contribution in [0.4, 0.5) is 0 Å². The molecule has 3 heteroatoms. The van der Waals surface area contributed by atoms with Gasteiger partial charge in [-0.1, -0.05) is 57.0 Å². The van der Waals surface area contributed by atoms with Crippen molar-refractivity contribution in [2.24, 2.45) is 5.73 Å². The van der Waals surface area contributed by atoms with Crippen LogP contribution in [0.5, 0.6) is 5.75 Å². The molecular weight excluding hydrogens is 418 g/mol. The third-order valence-electron chi connectivity index (χ3n) is 8.33. The summed E-state index contributed by atoms with van der Waals surface area (Å²) in [5.74, 6) is 0.994. The average molecular weight is 466 g/mol. The molecule has 0 atom stereocenters. The Balaban J connectivity index is 1.77. The summed E-state index contributed by atoms with van der Waals surface area (Å²) in [4.78, 5) is 0. The second kappa shape index (κ2) is 12.2. The number of rotatable bonds is 13. The van der Waals surface area contributed by atoms with Crippen LogP contribution in [-0.2, 0) is 11.8 Å². The highest BCUT2D eigenvalue weighted by Gasteiger charge is 2.33. The Morgan fingerprint density at radius 3 is 2.15 bits per heavy atom. The molecule has 1 aliphatic rings. The van der Waals surface area contributed by atoms with Crippen LogP contribution in [0.25, 0.3) is 0 Å². The lowest BCUT2D eigenvalue weighted by molar-refractivity contribution is 0.0391. The fraction of sp³-hybridized carbons (Fsp3) is 0.613. The molecule has 0 aromatic heterocycles. The summed E-state index contributed by atoms with van der Waals surface area (Å²) in [6.07, 6.45) is 11.5. The quantitative estimate of drug-likeness (QED) is 0.309. The molecule has 188 valence electrons. The second-order valence-electron chi connectivity index (χ2n) is 10.5. The van der Waals surface area contributed by atoms with Gasteiger partial charge in [0.05, 0.1) is 12.2 Å². The molecule has 0 aliphatic heterocycles. The van der Waals surface area contributed by atoms with Gasteiger partial charge in [-0.25, -0.2) is 0 Å². The van der Waals surface area contributed by atoms with Crippen molar-refractivity contribution in [3.05, 3.63) is 64.2 Å². The molecule has 1 fully saturated rings. The molecule has 2 aromatic carbocycles. The fourth-order valence-electron chi connectivity index (χ4n) is 5.87. The summed E-state index contributed by atoms with van der Waals surface area (Å²) in [6.45, 7) is 10.5. The minimum atomic E-state index is -0.437. The second-order valence-corrected chi connectivity index (χ2v) is 10.5. The Morgan fingerprint density at radius 1 is 0.912 bits per heavy atom. The molecule has 2 aromatic rings. The van der Waals surface area contributed by atoms with E-state index in [4.69, 9.17) is 10.5 Å². The first-order valence-corrected chi connectivity index (χ1v) is 13.6. The van der Waals surface area contributed by atoms with E-state index in [1.807, 2.05) is 0 Å². The zero-order valence-corrected chi connectivity index (χ0v) is 22.1. The normalized spacial score (nSPS) is 15.6. The summed E-state index contributed by atoms with van der Waals surface area (Å²) in [7, 11) is 0. The van der Waals surface area contributed by atoms with Gasteiger partial charge in [-0.05, 0) is 112 Å². The number of hydrogen-bond acceptors (Lipinski definition) is 3. The molecule has 1 aliphatic carbocycles. The van der Waals surface area contributed by atoms with Gasteiger partial charge in [0.25, 0.3) is 0 Å². The number of aryl methyl sites for hydroxylation is 3. The molecule has 34 heavy (non-hydrogen) atoms.